The lowest BCUT2D eigenvalue weighted by Gasteiger charge is -2.38. The van der Waals surface area contributed by atoms with Crippen LogP contribution in [-0.4, -0.2) is 45.3 Å². The Balaban J connectivity index is 1.37. The molecule has 1 atom stereocenters. The normalized spacial score (nSPS) is 22.6. The SMILES string of the molecule is O=C(NCc1cscn1)C1=NO[C@]2(CCCN(c3cnccn3)C2)C1. The number of carbonyl (C=O) groups excluding carboxylic acids is 1. The minimum atomic E-state index is -0.455. The van der Waals surface area contributed by atoms with Gasteiger partial charge in [0.25, 0.3) is 5.91 Å². The number of thiazole rings is 1. The van der Waals surface area contributed by atoms with Crippen LogP contribution in [0, 0.1) is 0 Å². The Hall–Kier alpha value is -2.55. The van der Waals surface area contributed by atoms with E-state index in [2.05, 4.69) is 30.3 Å². The topological polar surface area (TPSA) is 92.6 Å². The minimum absolute atomic E-state index is 0.193. The highest BCUT2D eigenvalue weighted by Crippen LogP contribution is 2.34. The van der Waals surface area contributed by atoms with E-state index in [4.69, 9.17) is 4.84 Å². The number of nitrogens with zero attached hydrogens (tertiary/aromatic N) is 5. The molecule has 0 saturated carbocycles. The van der Waals surface area contributed by atoms with Gasteiger partial charge in [-0.3, -0.25) is 9.78 Å². The van der Waals surface area contributed by atoms with Gasteiger partial charge in [0, 0.05) is 30.7 Å². The number of rotatable bonds is 4. The zero-order valence-corrected chi connectivity index (χ0v) is 14.4. The third kappa shape index (κ3) is 3.46. The summed E-state index contributed by atoms with van der Waals surface area (Å²) < 4.78 is 0. The second kappa shape index (κ2) is 6.75. The smallest absolute Gasteiger partial charge is 0.269 e. The van der Waals surface area contributed by atoms with Crippen LogP contribution in [0.1, 0.15) is 25.0 Å². The first-order valence-electron chi connectivity index (χ1n) is 8.15. The molecule has 1 saturated heterocycles. The monoisotopic (exact) mass is 358 g/mol. The zero-order valence-electron chi connectivity index (χ0n) is 13.6. The molecule has 8 nitrogen and oxygen atoms in total. The Labute approximate surface area is 148 Å². The van der Waals surface area contributed by atoms with Gasteiger partial charge in [0.1, 0.15) is 11.5 Å². The van der Waals surface area contributed by atoms with Crippen molar-refractivity contribution < 1.29 is 9.63 Å². The average Bonchev–Trinajstić information content (AvgIpc) is 3.31. The molecule has 1 N–H and O–H groups in total. The van der Waals surface area contributed by atoms with E-state index in [0.717, 1.165) is 30.9 Å². The van der Waals surface area contributed by atoms with Crippen molar-refractivity contribution in [3.63, 3.8) is 0 Å². The van der Waals surface area contributed by atoms with Crippen LogP contribution in [-0.2, 0) is 16.2 Å². The van der Waals surface area contributed by atoms with Crippen LogP contribution in [0.5, 0.6) is 0 Å². The van der Waals surface area contributed by atoms with Gasteiger partial charge >= 0.3 is 0 Å². The first-order valence-corrected chi connectivity index (χ1v) is 9.10. The fourth-order valence-electron chi connectivity index (χ4n) is 3.21. The quantitative estimate of drug-likeness (QED) is 0.887. The van der Waals surface area contributed by atoms with Gasteiger partial charge in [0.15, 0.2) is 5.60 Å². The van der Waals surface area contributed by atoms with Gasteiger partial charge in [-0.15, -0.1) is 11.3 Å². The summed E-state index contributed by atoms with van der Waals surface area (Å²) in [5, 5.41) is 8.83. The van der Waals surface area contributed by atoms with Gasteiger partial charge in [-0.2, -0.15) is 0 Å². The molecule has 2 aliphatic heterocycles. The maximum absolute atomic E-state index is 12.3. The van der Waals surface area contributed by atoms with E-state index in [0.29, 0.717) is 25.2 Å². The van der Waals surface area contributed by atoms with Crippen molar-refractivity contribution in [3.8, 4) is 0 Å². The fraction of sp³-hybridized carbons (Fsp3) is 0.438. The number of piperidine rings is 1. The van der Waals surface area contributed by atoms with Crippen molar-refractivity contribution in [1.82, 2.24) is 20.3 Å². The number of carbonyl (C=O) groups is 1. The minimum Gasteiger partial charge on any atom is -0.386 e. The highest BCUT2D eigenvalue weighted by atomic mass is 32.1. The summed E-state index contributed by atoms with van der Waals surface area (Å²) in [6.07, 6.45) is 7.42. The van der Waals surface area contributed by atoms with E-state index in [-0.39, 0.29) is 5.91 Å². The number of nitrogens with one attached hydrogen (secondary N) is 1. The van der Waals surface area contributed by atoms with E-state index in [9.17, 15) is 4.79 Å². The van der Waals surface area contributed by atoms with Crippen molar-refractivity contribution in [2.45, 2.75) is 31.4 Å². The summed E-state index contributed by atoms with van der Waals surface area (Å²) in [7, 11) is 0. The van der Waals surface area contributed by atoms with Gasteiger partial charge in [0.05, 0.1) is 30.5 Å². The predicted molar refractivity (Wildman–Crippen MR) is 93.3 cm³/mol. The lowest BCUT2D eigenvalue weighted by molar-refractivity contribution is -0.115. The van der Waals surface area contributed by atoms with E-state index in [1.165, 1.54) is 11.3 Å². The number of amides is 1. The fourth-order valence-corrected chi connectivity index (χ4v) is 3.77. The third-order valence-electron chi connectivity index (χ3n) is 4.43. The summed E-state index contributed by atoms with van der Waals surface area (Å²) in [5.41, 5.74) is 2.58. The maximum Gasteiger partial charge on any atom is 0.269 e. The number of hydrogen-bond donors (Lipinski definition) is 1. The van der Waals surface area contributed by atoms with Crippen LogP contribution in [0.15, 0.2) is 34.6 Å². The second-order valence-corrected chi connectivity index (χ2v) is 6.96. The molecule has 9 heteroatoms. The largest absolute Gasteiger partial charge is 0.386 e. The van der Waals surface area contributed by atoms with Crippen molar-refractivity contribution in [1.29, 1.82) is 0 Å². The predicted octanol–water partition coefficient (Wildman–Crippen LogP) is 1.36. The van der Waals surface area contributed by atoms with Crippen molar-refractivity contribution >= 4 is 28.8 Å². The van der Waals surface area contributed by atoms with Gasteiger partial charge in [0.2, 0.25) is 0 Å². The summed E-state index contributed by atoms with van der Waals surface area (Å²) in [6, 6.07) is 0. The molecule has 0 radical (unpaired) electrons. The molecule has 25 heavy (non-hydrogen) atoms. The number of hydrogen-bond acceptors (Lipinski definition) is 8. The van der Waals surface area contributed by atoms with Crippen LogP contribution < -0.4 is 10.2 Å². The number of oxime groups is 1. The molecule has 4 heterocycles. The highest BCUT2D eigenvalue weighted by molar-refractivity contribution is 7.07. The molecule has 1 fully saturated rings. The van der Waals surface area contributed by atoms with E-state index in [1.807, 2.05) is 5.38 Å². The van der Waals surface area contributed by atoms with E-state index >= 15 is 0 Å². The Bertz CT molecular complexity index is 766. The number of anilines is 1. The van der Waals surface area contributed by atoms with Crippen LogP contribution >= 0.6 is 11.3 Å². The Morgan fingerprint density at radius 1 is 1.40 bits per heavy atom. The van der Waals surface area contributed by atoms with Crippen LogP contribution in [0.3, 0.4) is 0 Å². The molecular formula is C16H18N6O2S. The van der Waals surface area contributed by atoms with Crippen molar-refractivity contribution in [3.05, 3.63) is 35.2 Å². The molecule has 1 spiro atoms. The third-order valence-corrected chi connectivity index (χ3v) is 5.06. The molecule has 0 bridgehead atoms. The zero-order chi connectivity index (χ0) is 17.1. The molecule has 130 valence electrons. The van der Waals surface area contributed by atoms with Crippen molar-refractivity contribution in [2.24, 2.45) is 5.16 Å². The molecule has 2 aromatic heterocycles. The van der Waals surface area contributed by atoms with Crippen LogP contribution in [0.4, 0.5) is 5.82 Å². The lowest BCUT2D eigenvalue weighted by Crippen LogP contribution is -2.49. The standard InChI is InChI=1S/C16H18N6O2S/c23-15(19-7-12-9-25-11-20-12)13-6-16(24-21-13)2-1-5-22(10-16)14-8-17-3-4-18-14/h3-4,8-9,11H,1-2,5-7,10H2,(H,19,23)/t16-/m1/s1. The van der Waals surface area contributed by atoms with Crippen LogP contribution in [0.25, 0.3) is 0 Å². The number of aromatic nitrogens is 3. The van der Waals surface area contributed by atoms with Crippen molar-refractivity contribution in [2.75, 3.05) is 18.0 Å². The molecule has 4 rings (SSSR count). The summed E-state index contributed by atoms with van der Waals surface area (Å²) in [5.74, 6) is 0.633. The first kappa shape index (κ1) is 15.9. The average molecular weight is 358 g/mol. The molecular weight excluding hydrogens is 340 g/mol. The molecule has 1 amide bonds. The Morgan fingerprint density at radius 3 is 3.16 bits per heavy atom. The molecule has 0 aromatic carbocycles. The summed E-state index contributed by atoms with van der Waals surface area (Å²) in [4.78, 5) is 32.8. The van der Waals surface area contributed by atoms with Gasteiger partial charge in [-0.05, 0) is 12.8 Å². The van der Waals surface area contributed by atoms with Gasteiger partial charge < -0.3 is 15.1 Å². The van der Waals surface area contributed by atoms with Gasteiger partial charge in [-0.25, -0.2) is 9.97 Å². The first-order chi connectivity index (χ1) is 12.2. The Morgan fingerprint density at radius 2 is 2.36 bits per heavy atom. The van der Waals surface area contributed by atoms with E-state index < -0.39 is 5.60 Å². The molecule has 0 aliphatic carbocycles. The van der Waals surface area contributed by atoms with Gasteiger partial charge in [-0.1, -0.05) is 5.16 Å². The van der Waals surface area contributed by atoms with E-state index in [1.54, 1.807) is 24.1 Å². The molecule has 2 aromatic rings. The maximum atomic E-state index is 12.3. The lowest BCUT2D eigenvalue weighted by atomic mass is 9.88. The van der Waals surface area contributed by atoms with Crippen LogP contribution in [0.2, 0.25) is 0 Å². The summed E-state index contributed by atoms with van der Waals surface area (Å²) >= 11 is 1.51. The molecule has 2 aliphatic rings. The Kier molecular flexibility index (Phi) is 4.31. The second-order valence-electron chi connectivity index (χ2n) is 6.24. The molecule has 0 unspecified atom stereocenters. The summed E-state index contributed by atoms with van der Waals surface area (Å²) in [6.45, 7) is 1.95. The highest BCUT2D eigenvalue weighted by Gasteiger charge is 2.44.